The summed E-state index contributed by atoms with van der Waals surface area (Å²) in [6.45, 7) is 14.1. The van der Waals surface area contributed by atoms with Gasteiger partial charge in [0.25, 0.3) is 0 Å². The second-order valence-electron chi connectivity index (χ2n) is 13.0. The third-order valence-electron chi connectivity index (χ3n) is 9.37. The Morgan fingerprint density at radius 1 is 0.704 bits per heavy atom. The minimum atomic E-state index is -0.0178. The van der Waals surface area contributed by atoms with Crippen molar-refractivity contribution in [3.05, 3.63) is 12.2 Å². The van der Waals surface area contributed by atoms with Crippen molar-refractivity contribution in [1.29, 1.82) is 0 Å². The monoisotopic (exact) mass is 370 g/mol. The number of hydrogen-bond acceptors (Lipinski definition) is 1. The SMILES string of the molecule is CC(C)(C)OC1CCC(C2CC3CC2C2C4C=CC(C4)C32)CC1C(C)(C)C. The molecule has 1 heteroatoms. The van der Waals surface area contributed by atoms with E-state index in [4.69, 9.17) is 4.74 Å². The van der Waals surface area contributed by atoms with Crippen LogP contribution in [0.3, 0.4) is 0 Å². The van der Waals surface area contributed by atoms with E-state index in [0.717, 1.165) is 47.3 Å². The molecule has 0 heterocycles. The molecule has 5 aliphatic carbocycles. The van der Waals surface area contributed by atoms with Gasteiger partial charge in [-0.15, -0.1) is 0 Å². The van der Waals surface area contributed by atoms with E-state index in [2.05, 4.69) is 53.7 Å². The van der Waals surface area contributed by atoms with Gasteiger partial charge in [-0.1, -0.05) is 32.9 Å². The molecular formula is C26H42O. The van der Waals surface area contributed by atoms with Gasteiger partial charge in [0.15, 0.2) is 0 Å². The van der Waals surface area contributed by atoms with Gasteiger partial charge >= 0.3 is 0 Å². The Morgan fingerprint density at radius 2 is 1.37 bits per heavy atom. The van der Waals surface area contributed by atoms with Crippen LogP contribution in [0, 0.1) is 58.7 Å². The first-order valence-corrected chi connectivity index (χ1v) is 12.0. The molecule has 0 N–H and O–H groups in total. The van der Waals surface area contributed by atoms with Crippen molar-refractivity contribution in [3.63, 3.8) is 0 Å². The van der Waals surface area contributed by atoms with E-state index < -0.39 is 0 Å². The summed E-state index contributed by atoms with van der Waals surface area (Å²) in [5.74, 6) is 8.92. The summed E-state index contributed by atoms with van der Waals surface area (Å²) in [5, 5.41) is 0. The van der Waals surface area contributed by atoms with Crippen molar-refractivity contribution in [2.45, 2.75) is 91.8 Å². The highest BCUT2D eigenvalue weighted by atomic mass is 16.5. The van der Waals surface area contributed by atoms with Crippen LogP contribution in [-0.4, -0.2) is 11.7 Å². The zero-order chi connectivity index (χ0) is 19.1. The van der Waals surface area contributed by atoms with Crippen LogP contribution in [0.15, 0.2) is 12.2 Å². The van der Waals surface area contributed by atoms with Crippen LogP contribution in [0.4, 0.5) is 0 Å². The van der Waals surface area contributed by atoms with Gasteiger partial charge in [0, 0.05) is 0 Å². The van der Waals surface area contributed by atoms with Gasteiger partial charge in [0.05, 0.1) is 11.7 Å². The molecule has 4 fully saturated rings. The Labute approximate surface area is 167 Å². The van der Waals surface area contributed by atoms with Crippen LogP contribution in [0.5, 0.6) is 0 Å². The number of hydrogen-bond donors (Lipinski definition) is 0. The zero-order valence-corrected chi connectivity index (χ0v) is 18.6. The lowest BCUT2D eigenvalue weighted by Gasteiger charge is -2.49. The van der Waals surface area contributed by atoms with Gasteiger partial charge in [-0.3, -0.25) is 0 Å². The average Bonchev–Trinajstić information content (AvgIpc) is 3.31. The molecular weight excluding hydrogens is 328 g/mol. The van der Waals surface area contributed by atoms with Crippen molar-refractivity contribution >= 4 is 0 Å². The van der Waals surface area contributed by atoms with Crippen LogP contribution >= 0.6 is 0 Å². The molecule has 5 rings (SSSR count). The molecule has 5 aliphatic rings. The second kappa shape index (κ2) is 6.10. The number of ether oxygens (including phenoxy) is 1. The number of allylic oxidation sites excluding steroid dienone is 2. The quantitative estimate of drug-likeness (QED) is 0.387. The smallest absolute Gasteiger partial charge is 0.0615 e. The van der Waals surface area contributed by atoms with Crippen molar-refractivity contribution in [2.75, 3.05) is 0 Å². The van der Waals surface area contributed by atoms with Gasteiger partial charge in [-0.25, -0.2) is 0 Å². The Hall–Kier alpha value is -0.300. The Bertz CT molecular complexity index is 605. The first-order valence-electron chi connectivity index (χ1n) is 12.0. The summed E-state index contributed by atoms with van der Waals surface area (Å²) >= 11 is 0. The number of rotatable bonds is 2. The molecule has 0 saturated heterocycles. The van der Waals surface area contributed by atoms with Gasteiger partial charge in [0.1, 0.15) is 0 Å². The molecule has 0 aromatic rings. The Balaban J connectivity index is 1.32. The molecule has 4 saturated carbocycles. The molecule has 0 spiro atoms. The molecule has 1 nitrogen and oxygen atoms in total. The molecule has 0 aromatic carbocycles. The summed E-state index contributed by atoms with van der Waals surface area (Å²) in [4.78, 5) is 0. The molecule has 27 heavy (non-hydrogen) atoms. The zero-order valence-electron chi connectivity index (χ0n) is 18.6. The van der Waals surface area contributed by atoms with Crippen LogP contribution in [0.25, 0.3) is 0 Å². The van der Waals surface area contributed by atoms with Crippen LogP contribution in [0.1, 0.15) is 80.1 Å². The fourth-order valence-electron chi connectivity index (χ4n) is 8.68. The van der Waals surface area contributed by atoms with E-state index in [0.29, 0.717) is 17.4 Å². The molecule has 0 aromatic heterocycles. The van der Waals surface area contributed by atoms with Gasteiger partial charge in [-0.05, 0) is 118 Å². The third kappa shape index (κ3) is 3.06. The van der Waals surface area contributed by atoms with Crippen molar-refractivity contribution in [3.8, 4) is 0 Å². The lowest BCUT2D eigenvalue weighted by Crippen LogP contribution is -2.45. The summed E-state index contributed by atoms with van der Waals surface area (Å²) < 4.78 is 6.59. The van der Waals surface area contributed by atoms with Crippen molar-refractivity contribution < 1.29 is 4.74 Å². The lowest BCUT2D eigenvalue weighted by molar-refractivity contribution is -0.132. The molecule has 0 amide bonds. The van der Waals surface area contributed by atoms with Crippen LogP contribution in [-0.2, 0) is 4.74 Å². The van der Waals surface area contributed by atoms with E-state index in [1.54, 1.807) is 12.8 Å². The minimum Gasteiger partial charge on any atom is -0.372 e. The van der Waals surface area contributed by atoms with E-state index in [9.17, 15) is 0 Å². The normalized spacial score (nSPS) is 51.2. The fourth-order valence-corrected chi connectivity index (χ4v) is 8.68. The van der Waals surface area contributed by atoms with E-state index in [-0.39, 0.29) is 5.60 Å². The molecule has 152 valence electrons. The standard InChI is InChI=1S/C26H42O/c1-25(2,3)21-14-15(9-10-22(21)27-26(4,5)6)19-12-18-13-20(19)24-17-8-7-16(11-17)23(18)24/h7-8,15-24H,9-14H2,1-6H3. The lowest BCUT2D eigenvalue weighted by atomic mass is 9.60. The summed E-state index contributed by atoms with van der Waals surface area (Å²) in [7, 11) is 0. The number of fused-ring (bicyclic) bond motifs is 9. The second-order valence-corrected chi connectivity index (χ2v) is 13.0. The predicted molar refractivity (Wildman–Crippen MR) is 112 cm³/mol. The van der Waals surface area contributed by atoms with E-state index in [1.807, 2.05) is 0 Å². The van der Waals surface area contributed by atoms with Gasteiger partial charge in [0.2, 0.25) is 0 Å². The first kappa shape index (κ1) is 18.7. The molecule has 0 aliphatic heterocycles. The highest BCUT2D eigenvalue weighted by Gasteiger charge is 2.62. The maximum absolute atomic E-state index is 6.59. The van der Waals surface area contributed by atoms with Gasteiger partial charge in [-0.2, -0.15) is 0 Å². The molecule has 0 radical (unpaired) electrons. The van der Waals surface area contributed by atoms with Crippen molar-refractivity contribution in [2.24, 2.45) is 58.7 Å². The first-order chi connectivity index (χ1) is 12.6. The highest BCUT2D eigenvalue weighted by Crippen LogP contribution is 2.69. The molecule has 4 bridgehead atoms. The third-order valence-corrected chi connectivity index (χ3v) is 9.37. The fraction of sp³-hybridized carbons (Fsp3) is 0.923. The van der Waals surface area contributed by atoms with Crippen molar-refractivity contribution in [1.82, 2.24) is 0 Å². The highest BCUT2D eigenvalue weighted by molar-refractivity contribution is 5.21. The maximum atomic E-state index is 6.59. The molecule has 10 atom stereocenters. The summed E-state index contributed by atoms with van der Waals surface area (Å²) in [6, 6.07) is 0. The summed E-state index contributed by atoms with van der Waals surface area (Å²) in [6.07, 6.45) is 14.4. The average molecular weight is 371 g/mol. The minimum absolute atomic E-state index is 0.0178. The topological polar surface area (TPSA) is 9.23 Å². The van der Waals surface area contributed by atoms with Crippen LogP contribution < -0.4 is 0 Å². The van der Waals surface area contributed by atoms with E-state index in [1.165, 1.54) is 25.7 Å². The maximum Gasteiger partial charge on any atom is 0.0615 e. The largest absolute Gasteiger partial charge is 0.372 e. The predicted octanol–water partition coefficient (Wildman–Crippen LogP) is 6.73. The van der Waals surface area contributed by atoms with E-state index >= 15 is 0 Å². The Kier molecular flexibility index (Phi) is 4.23. The summed E-state index contributed by atoms with van der Waals surface area (Å²) in [5.41, 5.74) is 0.333. The van der Waals surface area contributed by atoms with Gasteiger partial charge < -0.3 is 4.74 Å². The Morgan fingerprint density at radius 3 is 2.04 bits per heavy atom. The van der Waals surface area contributed by atoms with Crippen LogP contribution in [0.2, 0.25) is 0 Å². The molecule has 10 unspecified atom stereocenters.